The largest absolute Gasteiger partial charge is 0.481 e. The number of aliphatic carboxylic acids is 2. The Morgan fingerprint density at radius 3 is 2.55 bits per heavy atom. The van der Waals surface area contributed by atoms with Crippen molar-refractivity contribution in [1.82, 2.24) is 14.9 Å². The molecule has 1 heterocycles. The Morgan fingerprint density at radius 1 is 1.40 bits per heavy atom. The molecule has 0 saturated carbocycles. The molecule has 0 amide bonds. The van der Waals surface area contributed by atoms with Crippen LogP contribution in [0, 0.1) is 5.92 Å². The van der Waals surface area contributed by atoms with E-state index in [1.54, 1.807) is 24.1 Å². The first-order valence-corrected chi connectivity index (χ1v) is 6.59. The summed E-state index contributed by atoms with van der Waals surface area (Å²) in [6, 6.07) is -0.816. The van der Waals surface area contributed by atoms with Crippen LogP contribution in [-0.2, 0) is 23.1 Å². The predicted octanol–water partition coefficient (Wildman–Crippen LogP) is 0.506. The molecule has 0 aliphatic carbocycles. The molecule has 0 radical (unpaired) electrons. The maximum atomic E-state index is 11.2. The van der Waals surface area contributed by atoms with Crippen molar-refractivity contribution >= 4 is 11.9 Å². The third-order valence-corrected chi connectivity index (χ3v) is 3.22. The van der Waals surface area contributed by atoms with Gasteiger partial charge in [-0.25, -0.2) is 4.98 Å². The molecule has 112 valence electrons. The standard InChI is InChI=1S/C13H21N3O4/c1-3-4-9(12(17)18)6-15-11(13(19)20)5-10-7-14-8-16(10)2/h7-9,11,15H,3-6H2,1-2H3,(H,17,18)(H,19,20). The van der Waals surface area contributed by atoms with E-state index in [-0.39, 0.29) is 13.0 Å². The lowest BCUT2D eigenvalue weighted by Gasteiger charge is -2.18. The number of hydrogen-bond acceptors (Lipinski definition) is 4. The molecule has 1 rings (SSSR count). The minimum absolute atomic E-state index is 0.151. The lowest BCUT2D eigenvalue weighted by molar-refractivity contribution is -0.143. The molecule has 0 aliphatic rings. The van der Waals surface area contributed by atoms with Crippen molar-refractivity contribution in [3.63, 3.8) is 0 Å². The van der Waals surface area contributed by atoms with Crippen LogP contribution in [0.3, 0.4) is 0 Å². The third kappa shape index (κ3) is 4.65. The quantitative estimate of drug-likeness (QED) is 0.610. The second-order valence-corrected chi connectivity index (χ2v) is 4.82. The number of hydrogen-bond donors (Lipinski definition) is 3. The van der Waals surface area contributed by atoms with Gasteiger partial charge in [0.25, 0.3) is 0 Å². The zero-order chi connectivity index (χ0) is 15.1. The van der Waals surface area contributed by atoms with Gasteiger partial charge in [0.1, 0.15) is 6.04 Å². The summed E-state index contributed by atoms with van der Waals surface area (Å²) in [5.41, 5.74) is 0.785. The van der Waals surface area contributed by atoms with Gasteiger partial charge in [0.05, 0.1) is 12.2 Å². The van der Waals surface area contributed by atoms with E-state index in [9.17, 15) is 14.7 Å². The van der Waals surface area contributed by atoms with Crippen LogP contribution in [0.1, 0.15) is 25.5 Å². The Balaban J connectivity index is 2.61. The number of carboxylic acids is 2. The van der Waals surface area contributed by atoms with Crippen molar-refractivity contribution in [3.8, 4) is 0 Å². The Labute approximate surface area is 117 Å². The van der Waals surface area contributed by atoms with Crippen molar-refractivity contribution in [1.29, 1.82) is 0 Å². The van der Waals surface area contributed by atoms with Gasteiger partial charge >= 0.3 is 11.9 Å². The minimum Gasteiger partial charge on any atom is -0.481 e. The van der Waals surface area contributed by atoms with E-state index in [1.807, 2.05) is 6.92 Å². The molecule has 0 aromatic carbocycles. The number of carbonyl (C=O) groups is 2. The molecule has 3 N–H and O–H groups in total. The van der Waals surface area contributed by atoms with Crippen molar-refractivity contribution in [3.05, 3.63) is 18.2 Å². The minimum atomic E-state index is -0.994. The zero-order valence-electron chi connectivity index (χ0n) is 11.7. The Bertz CT molecular complexity index is 458. The van der Waals surface area contributed by atoms with E-state index in [2.05, 4.69) is 10.3 Å². The molecular formula is C13H21N3O4. The van der Waals surface area contributed by atoms with Crippen LogP contribution >= 0.6 is 0 Å². The van der Waals surface area contributed by atoms with Gasteiger partial charge in [-0.1, -0.05) is 13.3 Å². The molecule has 7 heteroatoms. The molecule has 2 unspecified atom stereocenters. The van der Waals surface area contributed by atoms with Gasteiger partial charge < -0.3 is 20.1 Å². The molecule has 0 aliphatic heterocycles. The third-order valence-electron chi connectivity index (χ3n) is 3.22. The molecule has 20 heavy (non-hydrogen) atoms. The normalized spacial score (nSPS) is 13.9. The van der Waals surface area contributed by atoms with E-state index < -0.39 is 23.9 Å². The SMILES string of the molecule is CCCC(CNC(Cc1cncn1C)C(=O)O)C(=O)O. The predicted molar refractivity (Wildman–Crippen MR) is 72.4 cm³/mol. The van der Waals surface area contributed by atoms with Crippen LogP contribution in [-0.4, -0.2) is 44.3 Å². The summed E-state index contributed by atoms with van der Waals surface area (Å²) >= 11 is 0. The highest BCUT2D eigenvalue weighted by Gasteiger charge is 2.23. The summed E-state index contributed by atoms with van der Waals surface area (Å²) in [5, 5.41) is 21.1. The molecule has 7 nitrogen and oxygen atoms in total. The maximum absolute atomic E-state index is 11.2. The fourth-order valence-electron chi connectivity index (χ4n) is 1.98. The van der Waals surface area contributed by atoms with E-state index in [0.717, 1.165) is 12.1 Å². The summed E-state index contributed by atoms with van der Waals surface area (Å²) in [6.45, 7) is 2.05. The van der Waals surface area contributed by atoms with Crippen molar-refractivity contribution in [2.75, 3.05) is 6.54 Å². The summed E-state index contributed by atoms with van der Waals surface area (Å²) in [6.07, 6.45) is 4.76. The molecule has 2 atom stereocenters. The van der Waals surface area contributed by atoms with Crippen molar-refractivity contribution in [2.24, 2.45) is 13.0 Å². The number of aromatic nitrogens is 2. The van der Waals surface area contributed by atoms with E-state index in [1.165, 1.54) is 0 Å². The van der Waals surface area contributed by atoms with Crippen LogP contribution in [0.2, 0.25) is 0 Å². The number of carboxylic acid groups (broad SMARTS) is 2. The molecule has 1 aromatic heterocycles. The van der Waals surface area contributed by atoms with Gasteiger partial charge in [0, 0.05) is 31.9 Å². The smallest absolute Gasteiger partial charge is 0.321 e. The fraction of sp³-hybridized carbons (Fsp3) is 0.615. The Morgan fingerprint density at radius 2 is 2.10 bits per heavy atom. The lowest BCUT2D eigenvalue weighted by Crippen LogP contribution is -2.42. The first kappa shape index (κ1) is 16.2. The number of imidazole rings is 1. The topological polar surface area (TPSA) is 104 Å². The van der Waals surface area contributed by atoms with Crippen LogP contribution in [0.5, 0.6) is 0 Å². The first-order valence-electron chi connectivity index (χ1n) is 6.59. The van der Waals surface area contributed by atoms with Gasteiger partial charge in [-0.15, -0.1) is 0 Å². The van der Waals surface area contributed by atoms with Crippen molar-refractivity contribution in [2.45, 2.75) is 32.2 Å². The maximum Gasteiger partial charge on any atom is 0.321 e. The highest BCUT2D eigenvalue weighted by Crippen LogP contribution is 2.07. The summed E-state index contributed by atoms with van der Waals surface area (Å²) in [4.78, 5) is 26.2. The first-order chi connectivity index (χ1) is 9.45. The second kappa shape index (κ2) is 7.64. The molecule has 0 spiro atoms. The average Bonchev–Trinajstić information content (AvgIpc) is 2.77. The molecular weight excluding hydrogens is 262 g/mol. The fourth-order valence-corrected chi connectivity index (χ4v) is 1.98. The summed E-state index contributed by atoms with van der Waals surface area (Å²) in [7, 11) is 1.79. The monoisotopic (exact) mass is 283 g/mol. The van der Waals surface area contributed by atoms with Gasteiger partial charge in [0.15, 0.2) is 0 Å². The average molecular weight is 283 g/mol. The highest BCUT2D eigenvalue weighted by atomic mass is 16.4. The lowest BCUT2D eigenvalue weighted by atomic mass is 10.0. The van der Waals surface area contributed by atoms with Gasteiger partial charge in [-0.2, -0.15) is 0 Å². The number of nitrogens with one attached hydrogen (secondary N) is 1. The number of rotatable bonds is 9. The van der Waals surface area contributed by atoms with E-state index in [0.29, 0.717) is 6.42 Å². The van der Waals surface area contributed by atoms with Gasteiger partial charge in [-0.05, 0) is 6.42 Å². The Hall–Kier alpha value is -1.89. The highest BCUT2D eigenvalue weighted by molar-refractivity contribution is 5.74. The Kier molecular flexibility index (Phi) is 6.17. The molecule has 0 fully saturated rings. The molecule has 1 aromatic rings. The number of aryl methyl sites for hydroxylation is 1. The second-order valence-electron chi connectivity index (χ2n) is 4.82. The van der Waals surface area contributed by atoms with E-state index >= 15 is 0 Å². The van der Waals surface area contributed by atoms with Crippen LogP contribution in [0.15, 0.2) is 12.5 Å². The van der Waals surface area contributed by atoms with Gasteiger partial charge in [-0.3, -0.25) is 9.59 Å². The van der Waals surface area contributed by atoms with Crippen LogP contribution < -0.4 is 5.32 Å². The van der Waals surface area contributed by atoms with Crippen LogP contribution in [0.4, 0.5) is 0 Å². The zero-order valence-corrected chi connectivity index (χ0v) is 11.7. The molecule has 0 saturated heterocycles. The van der Waals surface area contributed by atoms with Crippen molar-refractivity contribution < 1.29 is 19.8 Å². The van der Waals surface area contributed by atoms with Gasteiger partial charge in [0.2, 0.25) is 0 Å². The summed E-state index contributed by atoms with van der Waals surface area (Å²) in [5.74, 6) is -2.45. The van der Waals surface area contributed by atoms with Crippen LogP contribution in [0.25, 0.3) is 0 Å². The number of nitrogens with zero attached hydrogens (tertiary/aromatic N) is 2. The molecule has 0 bridgehead atoms. The van der Waals surface area contributed by atoms with E-state index in [4.69, 9.17) is 5.11 Å². The summed E-state index contributed by atoms with van der Waals surface area (Å²) < 4.78 is 1.75.